The summed E-state index contributed by atoms with van der Waals surface area (Å²) in [7, 11) is 0. The predicted molar refractivity (Wildman–Crippen MR) is 108 cm³/mol. The van der Waals surface area contributed by atoms with Gasteiger partial charge in [-0.25, -0.2) is 4.98 Å². The largest absolute Gasteiger partial charge is 0.340 e. The Bertz CT molecular complexity index is 1050. The first-order valence-corrected chi connectivity index (χ1v) is 9.37. The fraction of sp³-hybridized carbons (Fsp3) is 0.238. The molecule has 0 saturated carbocycles. The van der Waals surface area contributed by atoms with Crippen LogP contribution >= 0.6 is 0 Å². The first-order chi connectivity index (χ1) is 13.7. The molecule has 2 atom stereocenters. The van der Waals surface area contributed by atoms with Crippen LogP contribution in [-0.4, -0.2) is 31.1 Å². The molecule has 0 bridgehead atoms. The van der Waals surface area contributed by atoms with Crippen molar-refractivity contribution in [3.8, 4) is 11.3 Å². The van der Waals surface area contributed by atoms with E-state index in [9.17, 15) is 4.79 Å². The van der Waals surface area contributed by atoms with Crippen molar-refractivity contribution in [3.63, 3.8) is 0 Å². The Kier molecular flexibility index (Phi) is 4.89. The molecule has 4 rings (SSSR count). The van der Waals surface area contributed by atoms with Crippen LogP contribution in [0.3, 0.4) is 0 Å². The molecule has 0 unspecified atom stereocenters. The van der Waals surface area contributed by atoms with Gasteiger partial charge in [-0.3, -0.25) is 14.9 Å². The molecule has 0 aliphatic carbocycles. The number of nitrogens with one attached hydrogen (secondary N) is 3. The Morgan fingerprint density at radius 1 is 1.21 bits per heavy atom. The van der Waals surface area contributed by atoms with Crippen LogP contribution in [0.25, 0.3) is 22.3 Å². The number of aromatic nitrogens is 5. The molecule has 3 heterocycles. The maximum atomic E-state index is 12.9. The molecule has 0 radical (unpaired) electrons. The molecule has 4 aromatic rings. The summed E-state index contributed by atoms with van der Waals surface area (Å²) in [4.78, 5) is 25.0. The van der Waals surface area contributed by atoms with E-state index in [4.69, 9.17) is 0 Å². The predicted octanol–water partition coefficient (Wildman–Crippen LogP) is 3.87. The number of imidazole rings is 1. The van der Waals surface area contributed by atoms with E-state index in [1.807, 2.05) is 36.4 Å². The van der Waals surface area contributed by atoms with Gasteiger partial charge >= 0.3 is 0 Å². The smallest absolute Gasteiger partial charge is 0.269 e. The quantitative estimate of drug-likeness (QED) is 0.477. The van der Waals surface area contributed by atoms with E-state index in [-0.39, 0.29) is 17.9 Å². The maximum Gasteiger partial charge on any atom is 0.269 e. The number of carbonyl (C=O) groups is 1. The monoisotopic (exact) mass is 374 g/mol. The van der Waals surface area contributed by atoms with E-state index >= 15 is 0 Å². The number of fused-ring (bicyclic) bond motifs is 1. The van der Waals surface area contributed by atoms with Crippen LogP contribution in [0.2, 0.25) is 0 Å². The van der Waals surface area contributed by atoms with Crippen LogP contribution in [0.5, 0.6) is 0 Å². The van der Waals surface area contributed by atoms with Gasteiger partial charge < -0.3 is 10.3 Å². The van der Waals surface area contributed by atoms with Gasteiger partial charge in [-0.15, -0.1) is 0 Å². The number of rotatable bonds is 6. The Morgan fingerprint density at radius 3 is 2.82 bits per heavy atom. The normalized spacial score (nSPS) is 13.4. The van der Waals surface area contributed by atoms with Gasteiger partial charge in [-0.05, 0) is 36.2 Å². The van der Waals surface area contributed by atoms with E-state index in [1.165, 1.54) is 0 Å². The summed E-state index contributed by atoms with van der Waals surface area (Å²) in [5.74, 6) is 0.759. The zero-order valence-corrected chi connectivity index (χ0v) is 15.8. The van der Waals surface area contributed by atoms with Crippen LogP contribution in [0.1, 0.15) is 42.6 Å². The Hall–Kier alpha value is -3.48. The maximum absolute atomic E-state index is 12.9. The summed E-state index contributed by atoms with van der Waals surface area (Å²) >= 11 is 0. The summed E-state index contributed by atoms with van der Waals surface area (Å²) in [5, 5.41) is 10.2. The number of amides is 1. The standard InChI is InChI=1S/C21H22N6O/c1-3-13(2)19(20-23-15-8-4-5-9-16(15)24-20)25-21(28)18-11-17(26-27-18)14-7-6-10-22-12-14/h4-13,19H,3H2,1-2H3,(H,23,24)(H,25,28)(H,26,27)/t13-,19-/m1/s1. The molecule has 1 aromatic carbocycles. The topological polar surface area (TPSA) is 99.3 Å². The average Bonchev–Trinajstić information content (AvgIpc) is 3.39. The van der Waals surface area contributed by atoms with Crippen LogP contribution in [0.15, 0.2) is 54.9 Å². The third-order valence-corrected chi connectivity index (χ3v) is 4.98. The fourth-order valence-corrected chi connectivity index (χ4v) is 3.15. The van der Waals surface area contributed by atoms with Crippen molar-refractivity contribution in [2.45, 2.75) is 26.3 Å². The minimum atomic E-state index is -0.227. The highest BCUT2D eigenvalue weighted by Crippen LogP contribution is 2.25. The van der Waals surface area contributed by atoms with Gasteiger partial charge in [-0.2, -0.15) is 5.10 Å². The van der Waals surface area contributed by atoms with Gasteiger partial charge in [0.05, 0.1) is 22.8 Å². The van der Waals surface area contributed by atoms with Crippen LogP contribution < -0.4 is 5.32 Å². The zero-order valence-electron chi connectivity index (χ0n) is 15.8. The van der Waals surface area contributed by atoms with Gasteiger partial charge in [0, 0.05) is 18.0 Å². The van der Waals surface area contributed by atoms with E-state index in [1.54, 1.807) is 18.5 Å². The van der Waals surface area contributed by atoms with E-state index in [2.05, 4.69) is 44.3 Å². The summed E-state index contributed by atoms with van der Waals surface area (Å²) < 4.78 is 0. The average molecular weight is 374 g/mol. The second kappa shape index (κ2) is 7.64. The fourth-order valence-electron chi connectivity index (χ4n) is 3.15. The molecule has 142 valence electrons. The molecular formula is C21H22N6O. The number of benzene rings is 1. The molecule has 0 aliphatic rings. The van der Waals surface area contributed by atoms with E-state index in [0.29, 0.717) is 11.4 Å². The Morgan fingerprint density at radius 2 is 2.07 bits per heavy atom. The lowest BCUT2D eigenvalue weighted by atomic mass is 9.98. The van der Waals surface area contributed by atoms with Gasteiger partial charge in [0.15, 0.2) is 0 Å². The van der Waals surface area contributed by atoms with Crippen molar-refractivity contribution in [2.75, 3.05) is 0 Å². The van der Waals surface area contributed by atoms with Gasteiger partial charge in [0.1, 0.15) is 11.5 Å². The first-order valence-electron chi connectivity index (χ1n) is 9.37. The molecule has 3 aromatic heterocycles. The molecular weight excluding hydrogens is 352 g/mol. The van der Waals surface area contributed by atoms with Crippen molar-refractivity contribution in [3.05, 3.63) is 66.4 Å². The molecule has 3 N–H and O–H groups in total. The van der Waals surface area contributed by atoms with Gasteiger partial charge in [0.25, 0.3) is 5.91 Å². The highest BCUT2D eigenvalue weighted by molar-refractivity contribution is 5.93. The molecule has 7 heteroatoms. The van der Waals surface area contributed by atoms with Crippen molar-refractivity contribution in [1.82, 2.24) is 30.5 Å². The lowest BCUT2D eigenvalue weighted by Gasteiger charge is -2.22. The number of H-pyrrole nitrogens is 2. The lowest BCUT2D eigenvalue weighted by Crippen LogP contribution is -2.33. The summed E-state index contributed by atoms with van der Waals surface area (Å²) in [6, 6.07) is 13.1. The summed E-state index contributed by atoms with van der Waals surface area (Å²) in [5.41, 5.74) is 3.79. The summed E-state index contributed by atoms with van der Waals surface area (Å²) in [6.45, 7) is 4.20. The summed E-state index contributed by atoms with van der Waals surface area (Å²) in [6.07, 6.45) is 4.33. The van der Waals surface area contributed by atoms with E-state index in [0.717, 1.165) is 28.8 Å². The minimum Gasteiger partial charge on any atom is -0.340 e. The SMILES string of the molecule is CC[C@@H](C)[C@@H](NC(=O)c1cc(-c2cccnc2)n[nH]1)c1nc2ccccc2[nH]1. The molecule has 7 nitrogen and oxygen atoms in total. The number of para-hydroxylation sites is 2. The van der Waals surface area contributed by atoms with Crippen molar-refractivity contribution >= 4 is 16.9 Å². The third kappa shape index (κ3) is 3.51. The first kappa shape index (κ1) is 17.9. The Balaban J connectivity index is 1.58. The number of pyridine rings is 1. The number of hydrogen-bond donors (Lipinski definition) is 3. The van der Waals surface area contributed by atoms with Gasteiger partial charge in [0.2, 0.25) is 0 Å². The van der Waals surface area contributed by atoms with E-state index < -0.39 is 0 Å². The zero-order chi connectivity index (χ0) is 19.5. The molecule has 1 amide bonds. The van der Waals surface area contributed by atoms with Crippen molar-refractivity contribution < 1.29 is 4.79 Å². The number of aromatic amines is 2. The van der Waals surface area contributed by atoms with Crippen molar-refractivity contribution in [1.29, 1.82) is 0 Å². The van der Waals surface area contributed by atoms with Gasteiger partial charge in [-0.1, -0.05) is 32.4 Å². The molecule has 0 spiro atoms. The third-order valence-electron chi connectivity index (χ3n) is 4.98. The molecule has 0 aliphatic heterocycles. The highest BCUT2D eigenvalue weighted by Gasteiger charge is 2.25. The minimum absolute atomic E-state index is 0.213. The highest BCUT2D eigenvalue weighted by atomic mass is 16.2. The number of nitrogens with zero attached hydrogens (tertiary/aromatic N) is 3. The molecule has 0 fully saturated rings. The Labute approximate surface area is 162 Å². The van der Waals surface area contributed by atoms with Crippen LogP contribution in [0, 0.1) is 5.92 Å². The number of carbonyl (C=O) groups excluding carboxylic acids is 1. The number of hydrogen-bond acceptors (Lipinski definition) is 4. The van der Waals surface area contributed by atoms with Crippen LogP contribution in [-0.2, 0) is 0 Å². The second-order valence-corrected chi connectivity index (χ2v) is 6.88. The van der Waals surface area contributed by atoms with Crippen LogP contribution in [0.4, 0.5) is 0 Å². The van der Waals surface area contributed by atoms with Crippen molar-refractivity contribution in [2.24, 2.45) is 5.92 Å². The molecule has 0 saturated heterocycles. The molecule has 28 heavy (non-hydrogen) atoms. The second-order valence-electron chi connectivity index (χ2n) is 6.88. The lowest BCUT2D eigenvalue weighted by molar-refractivity contribution is 0.0915.